The highest BCUT2D eigenvalue weighted by Crippen LogP contribution is 2.21. The van der Waals surface area contributed by atoms with Gasteiger partial charge in [0.25, 0.3) is 5.56 Å². The second-order valence-corrected chi connectivity index (χ2v) is 8.60. The molecule has 0 atom stereocenters. The highest BCUT2D eigenvalue weighted by Gasteiger charge is 2.21. The molecule has 8 heteroatoms. The average Bonchev–Trinajstić information content (AvgIpc) is 3.27. The van der Waals surface area contributed by atoms with Gasteiger partial charge in [-0.3, -0.25) is 22.9 Å². The summed E-state index contributed by atoms with van der Waals surface area (Å²) in [7, 11) is 1.69. The highest BCUT2D eigenvalue weighted by molar-refractivity contribution is 5.76. The molecule has 31 heavy (non-hydrogen) atoms. The van der Waals surface area contributed by atoms with Crippen LogP contribution in [0.2, 0.25) is 0 Å². The van der Waals surface area contributed by atoms with Crippen LogP contribution in [0.5, 0.6) is 0 Å². The van der Waals surface area contributed by atoms with Crippen LogP contribution in [0.3, 0.4) is 0 Å². The maximum atomic E-state index is 13.4. The minimum Gasteiger partial charge on any atom is -0.302 e. The van der Waals surface area contributed by atoms with Crippen LogP contribution in [-0.2, 0) is 13.6 Å². The number of rotatable bonds is 4. The number of imidazole rings is 2. The summed E-state index contributed by atoms with van der Waals surface area (Å²) in [5.41, 5.74) is 3.39. The van der Waals surface area contributed by atoms with Gasteiger partial charge in [0, 0.05) is 37.7 Å². The molecule has 0 saturated carbocycles. The first-order valence-corrected chi connectivity index (χ1v) is 10.9. The van der Waals surface area contributed by atoms with Crippen LogP contribution in [0, 0.1) is 13.8 Å². The molecule has 0 spiro atoms. The Balaban J connectivity index is 1.67. The number of likely N-dealkylation sites (tertiary alicyclic amines) is 1. The topological polar surface area (TPSA) is 69.5 Å². The molecular weight excluding hydrogens is 392 g/mol. The molecule has 1 saturated heterocycles. The fourth-order valence-electron chi connectivity index (χ4n) is 4.72. The zero-order valence-electron chi connectivity index (χ0n) is 18.3. The van der Waals surface area contributed by atoms with E-state index in [2.05, 4.69) is 11.0 Å². The lowest BCUT2D eigenvalue weighted by molar-refractivity contribution is 0.218. The van der Waals surface area contributed by atoms with Gasteiger partial charge in [-0.15, -0.1) is 0 Å². The summed E-state index contributed by atoms with van der Waals surface area (Å²) in [6.45, 7) is 7.23. The van der Waals surface area contributed by atoms with E-state index < -0.39 is 0 Å². The first kappa shape index (κ1) is 19.8. The van der Waals surface area contributed by atoms with E-state index in [1.54, 1.807) is 7.05 Å². The molecule has 0 unspecified atom stereocenters. The summed E-state index contributed by atoms with van der Waals surface area (Å²) in [6, 6.07) is 8.16. The van der Waals surface area contributed by atoms with Gasteiger partial charge < -0.3 is 4.90 Å². The zero-order chi connectivity index (χ0) is 21.7. The summed E-state index contributed by atoms with van der Waals surface area (Å²) in [4.78, 5) is 33.5. The molecule has 0 radical (unpaired) electrons. The van der Waals surface area contributed by atoms with Gasteiger partial charge in [-0.2, -0.15) is 4.98 Å². The van der Waals surface area contributed by atoms with Crippen molar-refractivity contribution in [1.29, 1.82) is 0 Å². The van der Waals surface area contributed by atoms with Crippen molar-refractivity contribution in [3.63, 3.8) is 0 Å². The Kier molecular flexibility index (Phi) is 4.81. The fourth-order valence-corrected chi connectivity index (χ4v) is 4.72. The maximum Gasteiger partial charge on any atom is 0.332 e. The van der Waals surface area contributed by atoms with Gasteiger partial charge in [-0.1, -0.05) is 18.6 Å². The summed E-state index contributed by atoms with van der Waals surface area (Å²) in [5, 5.41) is 0. The van der Waals surface area contributed by atoms with Gasteiger partial charge in [-0.25, -0.2) is 4.79 Å². The summed E-state index contributed by atoms with van der Waals surface area (Å²) in [5.74, 6) is 0.638. The minimum atomic E-state index is -0.311. The molecule has 0 amide bonds. The molecular formula is C23H28N6O2. The van der Waals surface area contributed by atoms with E-state index in [-0.39, 0.29) is 11.2 Å². The number of aromatic nitrogens is 5. The number of fused-ring (bicyclic) bond motifs is 3. The Morgan fingerprint density at radius 3 is 2.55 bits per heavy atom. The molecule has 1 aromatic carbocycles. The predicted octanol–water partition coefficient (Wildman–Crippen LogP) is 2.24. The quantitative estimate of drug-likeness (QED) is 0.508. The Bertz CT molecular complexity index is 1400. The van der Waals surface area contributed by atoms with Crippen molar-refractivity contribution in [1.82, 2.24) is 28.0 Å². The van der Waals surface area contributed by atoms with Crippen LogP contribution in [-0.4, -0.2) is 47.6 Å². The second kappa shape index (κ2) is 7.53. The van der Waals surface area contributed by atoms with E-state index in [9.17, 15) is 9.59 Å². The number of hydrogen-bond acceptors (Lipinski definition) is 4. The largest absolute Gasteiger partial charge is 0.332 e. The van der Waals surface area contributed by atoms with Crippen LogP contribution >= 0.6 is 0 Å². The SMILES string of the molecule is Cc1cccc(-n2c(C)cn3c4c(=O)n(CCN5CCCCC5)c(=O)n(C)c4nc23)c1. The lowest BCUT2D eigenvalue weighted by Gasteiger charge is -2.26. The zero-order valence-corrected chi connectivity index (χ0v) is 18.3. The van der Waals surface area contributed by atoms with Crippen LogP contribution in [0.1, 0.15) is 30.5 Å². The molecule has 1 aliphatic rings. The van der Waals surface area contributed by atoms with Crippen molar-refractivity contribution in [2.24, 2.45) is 7.05 Å². The highest BCUT2D eigenvalue weighted by atomic mass is 16.2. The molecule has 8 nitrogen and oxygen atoms in total. The summed E-state index contributed by atoms with van der Waals surface area (Å²) >= 11 is 0. The second-order valence-electron chi connectivity index (χ2n) is 8.60. The Morgan fingerprint density at radius 1 is 1.03 bits per heavy atom. The Morgan fingerprint density at radius 2 is 1.81 bits per heavy atom. The number of piperidine rings is 1. The first-order valence-electron chi connectivity index (χ1n) is 10.9. The maximum absolute atomic E-state index is 13.4. The lowest BCUT2D eigenvalue weighted by Crippen LogP contribution is -2.43. The summed E-state index contributed by atoms with van der Waals surface area (Å²) < 4.78 is 6.71. The normalized spacial score (nSPS) is 15.3. The molecule has 4 aromatic rings. The molecule has 1 fully saturated rings. The van der Waals surface area contributed by atoms with Crippen molar-refractivity contribution >= 4 is 16.9 Å². The van der Waals surface area contributed by atoms with Gasteiger partial charge in [0.05, 0.1) is 0 Å². The van der Waals surface area contributed by atoms with E-state index in [1.165, 1.54) is 28.4 Å². The number of benzene rings is 1. The fraction of sp³-hybridized carbons (Fsp3) is 0.435. The number of hydrogen-bond donors (Lipinski definition) is 0. The smallest absolute Gasteiger partial charge is 0.302 e. The average molecular weight is 421 g/mol. The molecule has 1 aliphatic heterocycles. The van der Waals surface area contributed by atoms with E-state index in [1.807, 2.05) is 47.2 Å². The lowest BCUT2D eigenvalue weighted by atomic mass is 10.1. The van der Waals surface area contributed by atoms with Crippen molar-refractivity contribution < 1.29 is 0 Å². The summed E-state index contributed by atoms with van der Waals surface area (Å²) in [6.07, 6.45) is 5.55. The van der Waals surface area contributed by atoms with E-state index in [0.717, 1.165) is 30.0 Å². The molecule has 3 aromatic heterocycles. The third kappa shape index (κ3) is 3.22. The van der Waals surface area contributed by atoms with Gasteiger partial charge in [0.15, 0.2) is 11.2 Å². The van der Waals surface area contributed by atoms with Crippen molar-refractivity contribution in [3.8, 4) is 5.69 Å². The standard InChI is InChI=1S/C23H28N6O2/c1-16-8-7-9-18(14-16)29-17(2)15-28-19-20(24-22(28)29)25(3)23(31)27(21(19)30)13-12-26-10-5-4-6-11-26/h7-9,14-15H,4-6,10-13H2,1-3H3. The third-order valence-corrected chi connectivity index (χ3v) is 6.37. The van der Waals surface area contributed by atoms with Gasteiger partial charge in [0.2, 0.25) is 5.78 Å². The van der Waals surface area contributed by atoms with E-state index in [0.29, 0.717) is 30.0 Å². The van der Waals surface area contributed by atoms with Gasteiger partial charge in [0.1, 0.15) is 0 Å². The predicted molar refractivity (Wildman–Crippen MR) is 121 cm³/mol. The number of nitrogens with zero attached hydrogens (tertiary/aromatic N) is 6. The Labute approximate surface area is 180 Å². The van der Waals surface area contributed by atoms with Gasteiger partial charge >= 0.3 is 5.69 Å². The van der Waals surface area contributed by atoms with E-state index in [4.69, 9.17) is 4.98 Å². The van der Waals surface area contributed by atoms with E-state index >= 15 is 0 Å². The molecule has 0 bridgehead atoms. The molecule has 0 N–H and O–H groups in total. The van der Waals surface area contributed by atoms with Crippen molar-refractivity contribution in [3.05, 3.63) is 62.6 Å². The van der Waals surface area contributed by atoms with Crippen LogP contribution in [0.15, 0.2) is 40.1 Å². The van der Waals surface area contributed by atoms with Crippen LogP contribution < -0.4 is 11.2 Å². The molecule has 4 heterocycles. The van der Waals surface area contributed by atoms with Crippen LogP contribution in [0.25, 0.3) is 22.6 Å². The van der Waals surface area contributed by atoms with Crippen molar-refractivity contribution in [2.75, 3.05) is 19.6 Å². The molecule has 0 aliphatic carbocycles. The van der Waals surface area contributed by atoms with Crippen LogP contribution in [0.4, 0.5) is 0 Å². The molecule has 5 rings (SSSR count). The minimum absolute atomic E-state index is 0.274. The first-order chi connectivity index (χ1) is 15.0. The Hall–Kier alpha value is -3.13. The third-order valence-electron chi connectivity index (χ3n) is 6.37. The van der Waals surface area contributed by atoms with Gasteiger partial charge in [-0.05, 0) is 57.5 Å². The monoisotopic (exact) mass is 420 g/mol. The number of aryl methyl sites for hydroxylation is 3. The van der Waals surface area contributed by atoms with Crippen molar-refractivity contribution in [2.45, 2.75) is 39.7 Å². The molecule has 162 valence electrons.